The summed E-state index contributed by atoms with van der Waals surface area (Å²) in [5, 5.41) is 9.00. The molecule has 0 bridgehead atoms. The fraction of sp³-hybridized carbons (Fsp3) is 0.500. The Morgan fingerprint density at radius 2 is 2.36 bits per heavy atom. The first-order chi connectivity index (χ1) is 6.74. The Morgan fingerprint density at radius 1 is 1.57 bits per heavy atom. The average molecular weight is 194 g/mol. The molecule has 3 N–H and O–H groups in total. The molecule has 76 valence electrons. The molecular weight excluding hydrogens is 180 g/mol. The largest absolute Gasteiger partial charge is 0.478 e. The topological polar surface area (TPSA) is 68.2 Å². The van der Waals surface area contributed by atoms with E-state index >= 15 is 0 Å². The summed E-state index contributed by atoms with van der Waals surface area (Å²) in [5.41, 5.74) is 7.90. The maximum Gasteiger partial charge on any atom is 0.337 e. The first-order valence-corrected chi connectivity index (χ1v) is 4.88. The van der Waals surface area contributed by atoms with Crippen molar-refractivity contribution < 1.29 is 9.90 Å². The highest BCUT2D eigenvalue weighted by atomic mass is 16.4. The monoisotopic (exact) mass is 194 g/mol. The first kappa shape index (κ1) is 9.27. The van der Waals surface area contributed by atoms with Crippen molar-refractivity contribution in [2.45, 2.75) is 32.4 Å². The summed E-state index contributed by atoms with van der Waals surface area (Å²) in [7, 11) is 0. The Hall–Kier alpha value is -1.29. The van der Waals surface area contributed by atoms with Crippen LogP contribution in [0.1, 0.15) is 34.6 Å². The number of aromatic carboxylic acids is 1. The molecule has 4 heteroatoms. The first-order valence-electron chi connectivity index (χ1n) is 4.88. The van der Waals surface area contributed by atoms with E-state index < -0.39 is 5.97 Å². The van der Waals surface area contributed by atoms with Gasteiger partial charge in [0.2, 0.25) is 0 Å². The SMILES string of the molecule is NCc1cc(C(=O)O)c2n1CCCC2. The standard InChI is InChI=1S/C10H14N2O2/c11-6-7-5-8(10(13)14)9-3-1-2-4-12(7)9/h5H,1-4,6,11H2,(H,13,14). The lowest BCUT2D eigenvalue weighted by Gasteiger charge is -2.17. The van der Waals surface area contributed by atoms with Gasteiger partial charge in [0.05, 0.1) is 5.56 Å². The molecule has 1 aromatic heterocycles. The van der Waals surface area contributed by atoms with Gasteiger partial charge in [-0.15, -0.1) is 0 Å². The number of carboxylic acid groups (broad SMARTS) is 1. The van der Waals surface area contributed by atoms with Gasteiger partial charge in [0.15, 0.2) is 0 Å². The second-order valence-corrected chi connectivity index (χ2v) is 3.61. The molecule has 1 aliphatic rings. The highest BCUT2D eigenvalue weighted by Crippen LogP contribution is 2.23. The number of rotatable bonds is 2. The molecule has 0 unspecified atom stereocenters. The molecule has 0 aromatic carbocycles. The van der Waals surface area contributed by atoms with Gasteiger partial charge < -0.3 is 15.4 Å². The van der Waals surface area contributed by atoms with E-state index in [0.717, 1.165) is 37.2 Å². The van der Waals surface area contributed by atoms with E-state index in [9.17, 15) is 4.79 Å². The van der Waals surface area contributed by atoms with Crippen molar-refractivity contribution in [3.63, 3.8) is 0 Å². The summed E-state index contributed by atoms with van der Waals surface area (Å²) in [6, 6.07) is 1.71. The van der Waals surface area contributed by atoms with Crippen LogP contribution < -0.4 is 5.73 Å². The molecule has 0 amide bonds. The molecule has 0 radical (unpaired) electrons. The number of nitrogens with two attached hydrogens (primary N) is 1. The van der Waals surface area contributed by atoms with Crippen molar-refractivity contribution in [1.29, 1.82) is 0 Å². The number of carboxylic acids is 1. The van der Waals surface area contributed by atoms with Crippen molar-refractivity contribution in [2.75, 3.05) is 0 Å². The van der Waals surface area contributed by atoms with Crippen LogP contribution in [0, 0.1) is 0 Å². The van der Waals surface area contributed by atoms with Crippen LogP contribution in [0.5, 0.6) is 0 Å². The summed E-state index contributed by atoms with van der Waals surface area (Å²) in [5.74, 6) is -0.838. The summed E-state index contributed by atoms with van der Waals surface area (Å²) >= 11 is 0. The maximum atomic E-state index is 10.9. The fourth-order valence-corrected chi connectivity index (χ4v) is 2.11. The quantitative estimate of drug-likeness (QED) is 0.737. The van der Waals surface area contributed by atoms with Crippen molar-refractivity contribution in [3.05, 3.63) is 23.0 Å². The lowest BCUT2D eigenvalue weighted by atomic mass is 10.1. The molecule has 0 saturated carbocycles. The average Bonchev–Trinajstić information content (AvgIpc) is 2.56. The van der Waals surface area contributed by atoms with Gasteiger partial charge in [0.1, 0.15) is 0 Å². The molecule has 2 rings (SSSR count). The van der Waals surface area contributed by atoms with Crippen LogP contribution in [0.2, 0.25) is 0 Å². The minimum Gasteiger partial charge on any atom is -0.478 e. The zero-order valence-corrected chi connectivity index (χ0v) is 7.99. The van der Waals surface area contributed by atoms with E-state index in [4.69, 9.17) is 10.8 Å². The van der Waals surface area contributed by atoms with Gasteiger partial charge in [-0.25, -0.2) is 4.79 Å². The second kappa shape index (κ2) is 3.46. The van der Waals surface area contributed by atoms with Crippen molar-refractivity contribution in [2.24, 2.45) is 5.73 Å². The summed E-state index contributed by atoms with van der Waals surface area (Å²) in [4.78, 5) is 10.9. The highest BCUT2D eigenvalue weighted by molar-refractivity contribution is 5.89. The van der Waals surface area contributed by atoms with E-state index in [2.05, 4.69) is 4.57 Å². The lowest BCUT2D eigenvalue weighted by molar-refractivity contribution is 0.0695. The zero-order valence-electron chi connectivity index (χ0n) is 7.99. The van der Waals surface area contributed by atoms with Crippen LogP contribution in [0.25, 0.3) is 0 Å². The molecule has 4 nitrogen and oxygen atoms in total. The van der Waals surface area contributed by atoms with Crippen molar-refractivity contribution in [1.82, 2.24) is 4.57 Å². The van der Waals surface area contributed by atoms with Crippen LogP contribution in [0.3, 0.4) is 0 Å². The summed E-state index contributed by atoms with van der Waals surface area (Å²) in [6.07, 6.45) is 3.06. The minimum atomic E-state index is -0.838. The van der Waals surface area contributed by atoms with Crippen LogP contribution in [0.4, 0.5) is 0 Å². The Bertz CT molecular complexity index is 368. The number of hydrogen-bond acceptors (Lipinski definition) is 2. The highest BCUT2D eigenvalue weighted by Gasteiger charge is 2.20. The lowest BCUT2D eigenvalue weighted by Crippen LogP contribution is -2.15. The van der Waals surface area contributed by atoms with Gasteiger partial charge in [0, 0.05) is 24.5 Å². The van der Waals surface area contributed by atoms with E-state index in [-0.39, 0.29) is 0 Å². The number of carbonyl (C=O) groups is 1. The number of fused-ring (bicyclic) bond motifs is 1. The number of nitrogens with zero attached hydrogens (tertiary/aromatic N) is 1. The summed E-state index contributed by atoms with van der Waals surface area (Å²) in [6.45, 7) is 1.33. The van der Waals surface area contributed by atoms with Crippen LogP contribution in [0.15, 0.2) is 6.07 Å². The molecular formula is C10H14N2O2. The molecule has 1 aliphatic heterocycles. The van der Waals surface area contributed by atoms with Gasteiger partial charge >= 0.3 is 5.97 Å². The smallest absolute Gasteiger partial charge is 0.337 e. The van der Waals surface area contributed by atoms with E-state index in [1.807, 2.05) is 0 Å². The molecule has 14 heavy (non-hydrogen) atoms. The molecule has 0 saturated heterocycles. The Kier molecular flexibility index (Phi) is 2.29. The number of aromatic nitrogens is 1. The van der Waals surface area contributed by atoms with Gasteiger partial charge in [-0.05, 0) is 25.3 Å². The second-order valence-electron chi connectivity index (χ2n) is 3.61. The van der Waals surface area contributed by atoms with Crippen molar-refractivity contribution in [3.8, 4) is 0 Å². The predicted octanol–water partition coefficient (Wildman–Crippen LogP) is 0.981. The third kappa shape index (κ3) is 1.32. The van der Waals surface area contributed by atoms with Gasteiger partial charge in [-0.3, -0.25) is 0 Å². The maximum absolute atomic E-state index is 10.9. The molecule has 0 aliphatic carbocycles. The summed E-state index contributed by atoms with van der Waals surface area (Å²) < 4.78 is 2.06. The van der Waals surface area contributed by atoms with E-state index in [1.54, 1.807) is 6.07 Å². The third-order valence-corrected chi connectivity index (χ3v) is 2.78. The van der Waals surface area contributed by atoms with Crippen molar-refractivity contribution >= 4 is 5.97 Å². The minimum absolute atomic E-state index is 0.417. The van der Waals surface area contributed by atoms with Gasteiger partial charge in [-0.2, -0.15) is 0 Å². The fourth-order valence-electron chi connectivity index (χ4n) is 2.11. The van der Waals surface area contributed by atoms with Crippen LogP contribution in [-0.2, 0) is 19.5 Å². The molecule has 1 aromatic rings. The zero-order chi connectivity index (χ0) is 10.1. The van der Waals surface area contributed by atoms with E-state index in [1.165, 1.54) is 0 Å². The molecule has 0 spiro atoms. The van der Waals surface area contributed by atoms with Gasteiger partial charge in [-0.1, -0.05) is 0 Å². The molecule has 2 heterocycles. The normalized spacial score (nSPS) is 15.2. The molecule has 0 fully saturated rings. The van der Waals surface area contributed by atoms with Gasteiger partial charge in [0.25, 0.3) is 0 Å². The van der Waals surface area contributed by atoms with E-state index in [0.29, 0.717) is 12.1 Å². The number of hydrogen-bond donors (Lipinski definition) is 2. The third-order valence-electron chi connectivity index (χ3n) is 2.78. The van der Waals surface area contributed by atoms with Crippen LogP contribution >= 0.6 is 0 Å². The van der Waals surface area contributed by atoms with Crippen LogP contribution in [-0.4, -0.2) is 15.6 Å². The Morgan fingerprint density at radius 3 is 3.00 bits per heavy atom. The molecule has 0 atom stereocenters. The Labute approximate surface area is 82.3 Å². The predicted molar refractivity (Wildman–Crippen MR) is 52.2 cm³/mol. The Balaban J connectivity index is 2.52.